The van der Waals surface area contributed by atoms with Gasteiger partial charge in [-0.2, -0.15) is 0 Å². The van der Waals surface area contributed by atoms with Crippen LogP contribution >= 0.6 is 0 Å². The SMILES string of the molecule is COC(=O)[C@H](C)[C@@H]1CC[C@@H](C)[C@@H]2CC=C(C)[C@@H](OO)[C@@H]21. The maximum atomic E-state index is 11.9. The van der Waals surface area contributed by atoms with Crippen LogP contribution < -0.4 is 0 Å². The first-order valence-electron chi connectivity index (χ1n) is 7.56. The van der Waals surface area contributed by atoms with Crippen molar-refractivity contribution in [3.8, 4) is 0 Å². The third-order valence-electron chi connectivity index (χ3n) is 5.51. The Labute approximate surface area is 121 Å². The maximum Gasteiger partial charge on any atom is 0.308 e. The molecule has 1 N–H and O–H groups in total. The molecule has 4 heteroatoms. The van der Waals surface area contributed by atoms with Crippen LogP contribution in [0.3, 0.4) is 0 Å². The second kappa shape index (κ2) is 6.27. The minimum absolute atomic E-state index is 0.149. The zero-order chi connectivity index (χ0) is 14.9. The molecule has 0 aromatic rings. The van der Waals surface area contributed by atoms with E-state index in [1.807, 2.05) is 13.8 Å². The summed E-state index contributed by atoms with van der Waals surface area (Å²) in [5, 5.41) is 9.32. The number of fused-ring (bicyclic) bond motifs is 1. The first-order chi connectivity index (χ1) is 9.51. The third-order valence-corrected chi connectivity index (χ3v) is 5.51. The largest absolute Gasteiger partial charge is 0.469 e. The normalized spacial score (nSPS) is 38.6. The van der Waals surface area contributed by atoms with Crippen LogP contribution in [-0.2, 0) is 14.4 Å². The fourth-order valence-electron chi connectivity index (χ4n) is 4.24. The highest BCUT2D eigenvalue weighted by molar-refractivity contribution is 5.72. The van der Waals surface area contributed by atoms with E-state index in [2.05, 4.69) is 13.0 Å². The average molecular weight is 282 g/mol. The molecule has 0 aromatic heterocycles. The lowest BCUT2D eigenvalue weighted by atomic mass is 9.58. The monoisotopic (exact) mass is 282 g/mol. The summed E-state index contributed by atoms with van der Waals surface area (Å²) in [6, 6.07) is 0. The van der Waals surface area contributed by atoms with Gasteiger partial charge in [0.15, 0.2) is 0 Å². The van der Waals surface area contributed by atoms with E-state index >= 15 is 0 Å². The van der Waals surface area contributed by atoms with Crippen LogP contribution in [0.15, 0.2) is 11.6 Å². The van der Waals surface area contributed by atoms with E-state index in [0.717, 1.165) is 24.8 Å². The molecule has 0 radical (unpaired) electrons. The first-order valence-corrected chi connectivity index (χ1v) is 7.56. The number of rotatable bonds is 3. The zero-order valence-electron chi connectivity index (χ0n) is 12.8. The van der Waals surface area contributed by atoms with Gasteiger partial charge < -0.3 is 4.74 Å². The predicted octanol–water partition coefficient (Wildman–Crippen LogP) is 3.28. The molecule has 1 fully saturated rings. The number of methoxy groups -OCH3 is 1. The molecule has 0 saturated heterocycles. The lowest BCUT2D eigenvalue weighted by molar-refractivity contribution is -0.293. The number of hydrogen-bond acceptors (Lipinski definition) is 4. The van der Waals surface area contributed by atoms with Gasteiger partial charge in [0.1, 0.15) is 6.10 Å². The number of ether oxygens (including phenoxy) is 1. The van der Waals surface area contributed by atoms with Crippen molar-refractivity contribution in [3.05, 3.63) is 11.6 Å². The van der Waals surface area contributed by atoms with E-state index in [9.17, 15) is 10.1 Å². The summed E-state index contributed by atoms with van der Waals surface area (Å²) in [4.78, 5) is 16.7. The van der Waals surface area contributed by atoms with E-state index < -0.39 is 0 Å². The molecule has 0 heterocycles. The summed E-state index contributed by atoms with van der Waals surface area (Å²) < 4.78 is 4.91. The smallest absolute Gasteiger partial charge is 0.308 e. The van der Waals surface area contributed by atoms with E-state index in [1.54, 1.807) is 0 Å². The topological polar surface area (TPSA) is 55.8 Å². The highest BCUT2D eigenvalue weighted by Gasteiger charge is 2.47. The summed E-state index contributed by atoms with van der Waals surface area (Å²) in [6.45, 7) is 6.20. The van der Waals surface area contributed by atoms with Crippen molar-refractivity contribution < 1.29 is 19.7 Å². The molecule has 0 amide bonds. The molecular formula is C16H26O4. The molecular weight excluding hydrogens is 256 g/mol. The van der Waals surface area contributed by atoms with Gasteiger partial charge in [0.2, 0.25) is 0 Å². The van der Waals surface area contributed by atoms with E-state index in [0.29, 0.717) is 11.8 Å². The van der Waals surface area contributed by atoms with Crippen molar-refractivity contribution in [2.24, 2.45) is 29.6 Å². The summed E-state index contributed by atoms with van der Waals surface area (Å²) in [6.07, 6.45) is 5.02. The third kappa shape index (κ3) is 2.63. The Bertz CT molecular complexity index is 390. The Morgan fingerprint density at radius 2 is 2.15 bits per heavy atom. The van der Waals surface area contributed by atoms with Gasteiger partial charge in [-0.05, 0) is 49.0 Å². The Morgan fingerprint density at radius 3 is 2.75 bits per heavy atom. The van der Waals surface area contributed by atoms with Crippen LogP contribution in [0.5, 0.6) is 0 Å². The van der Waals surface area contributed by atoms with E-state index in [-0.39, 0.29) is 29.8 Å². The number of allylic oxidation sites excluding steroid dienone is 1. The van der Waals surface area contributed by atoms with Gasteiger partial charge in [0.05, 0.1) is 13.0 Å². The van der Waals surface area contributed by atoms with Gasteiger partial charge in [-0.25, -0.2) is 4.89 Å². The fourth-order valence-corrected chi connectivity index (χ4v) is 4.24. The molecule has 0 aliphatic heterocycles. The second-order valence-electron chi connectivity index (χ2n) is 6.48. The van der Waals surface area contributed by atoms with Crippen molar-refractivity contribution >= 4 is 5.97 Å². The number of carbonyl (C=O) groups excluding carboxylic acids is 1. The Balaban J connectivity index is 2.29. The maximum absolute atomic E-state index is 11.9. The molecule has 6 atom stereocenters. The van der Waals surface area contributed by atoms with Crippen LogP contribution in [0, 0.1) is 29.6 Å². The average Bonchev–Trinajstić information content (AvgIpc) is 2.46. The van der Waals surface area contributed by atoms with Gasteiger partial charge in [-0.1, -0.05) is 26.3 Å². The van der Waals surface area contributed by atoms with Crippen LogP contribution in [-0.4, -0.2) is 24.4 Å². The van der Waals surface area contributed by atoms with Gasteiger partial charge in [0, 0.05) is 0 Å². The summed E-state index contributed by atoms with van der Waals surface area (Å²) in [5.41, 5.74) is 1.07. The summed E-state index contributed by atoms with van der Waals surface area (Å²) in [5.74, 6) is 1.17. The number of esters is 1. The lowest BCUT2D eigenvalue weighted by Crippen LogP contribution is -2.47. The van der Waals surface area contributed by atoms with Crippen LogP contribution in [0.4, 0.5) is 0 Å². The Kier molecular flexibility index (Phi) is 4.86. The van der Waals surface area contributed by atoms with Crippen LogP contribution in [0.1, 0.15) is 40.0 Å². The zero-order valence-corrected chi connectivity index (χ0v) is 12.8. The Morgan fingerprint density at radius 1 is 1.45 bits per heavy atom. The lowest BCUT2D eigenvalue weighted by Gasteiger charge is -2.48. The molecule has 4 nitrogen and oxygen atoms in total. The molecule has 2 aliphatic carbocycles. The minimum Gasteiger partial charge on any atom is -0.469 e. The standard InChI is InChI=1S/C16H26O4/c1-9-5-8-13(11(3)16(17)19-4)14-12(9)7-6-10(2)15(14)20-18/h6,9,11-15,18H,5,7-8H2,1-4H3/t9-,11-,12+,13+,14+,15-/m1/s1. The summed E-state index contributed by atoms with van der Waals surface area (Å²) >= 11 is 0. The predicted molar refractivity (Wildman–Crippen MR) is 75.9 cm³/mol. The van der Waals surface area contributed by atoms with Crippen molar-refractivity contribution in [1.29, 1.82) is 0 Å². The number of carbonyl (C=O) groups is 1. The van der Waals surface area contributed by atoms with Gasteiger partial charge in [-0.3, -0.25) is 10.1 Å². The number of hydrogen-bond donors (Lipinski definition) is 1. The molecule has 0 aromatic carbocycles. The molecule has 0 unspecified atom stereocenters. The second-order valence-corrected chi connectivity index (χ2v) is 6.48. The van der Waals surface area contributed by atoms with Crippen LogP contribution in [0.2, 0.25) is 0 Å². The molecule has 0 bridgehead atoms. The molecule has 2 aliphatic rings. The first kappa shape index (κ1) is 15.5. The van der Waals surface area contributed by atoms with Crippen molar-refractivity contribution in [2.45, 2.75) is 46.1 Å². The minimum atomic E-state index is -0.284. The quantitative estimate of drug-likeness (QED) is 0.373. The van der Waals surface area contributed by atoms with Gasteiger partial charge in [0.25, 0.3) is 0 Å². The van der Waals surface area contributed by atoms with Crippen molar-refractivity contribution in [3.63, 3.8) is 0 Å². The van der Waals surface area contributed by atoms with E-state index in [4.69, 9.17) is 9.62 Å². The highest BCUT2D eigenvalue weighted by atomic mass is 17.1. The van der Waals surface area contributed by atoms with Gasteiger partial charge in [-0.15, -0.1) is 0 Å². The van der Waals surface area contributed by atoms with Crippen LogP contribution in [0.25, 0.3) is 0 Å². The summed E-state index contributed by atoms with van der Waals surface area (Å²) in [7, 11) is 1.44. The van der Waals surface area contributed by atoms with Crippen molar-refractivity contribution in [2.75, 3.05) is 7.11 Å². The van der Waals surface area contributed by atoms with Gasteiger partial charge >= 0.3 is 5.97 Å². The molecule has 20 heavy (non-hydrogen) atoms. The van der Waals surface area contributed by atoms with Crippen molar-refractivity contribution in [1.82, 2.24) is 0 Å². The molecule has 0 spiro atoms. The molecule has 114 valence electrons. The Hall–Kier alpha value is -0.870. The fraction of sp³-hybridized carbons (Fsp3) is 0.812. The molecule has 1 saturated carbocycles. The van der Waals surface area contributed by atoms with E-state index in [1.165, 1.54) is 7.11 Å². The molecule has 2 rings (SSSR count). The highest BCUT2D eigenvalue weighted by Crippen LogP contribution is 2.49.